The molecule has 0 aliphatic heterocycles. The van der Waals surface area contributed by atoms with Gasteiger partial charge in [-0.3, -0.25) is 9.78 Å². The standard InChI is InChI=1S/C8H4F3NO3/c9-8(10,11)7(14)15-6-1-5(4-13)2-12-3-6/h1-4H. The summed E-state index contributed by atoms with van der Waals surface area (Å²) >= 11 is 0. The van der Waals surface area contributed by atoms with Crippen LogP contribution >= 0.6 is 0 Å². The molecule has 0 bridgehead atoms. The van der Waals surface area contributed by atoms with Gasteiger partial charge in [-0.2, -0.15) is 13.2 Å². The summed E-state index contributed by atoms with van der Waals surface area (Å²) in [7, 11) is 0. The van der Waals surface area contributed by atoms with Gasteiger partial charge in [0, 0.05) is 11.8 Å². The Hall–Kier alpha value is -1.92. The van der Waals surface area contributed by atoms with Gasteiger partial charge in [0.05, 0.1) is 6.20 Å². The van der Waals surface area contributed by atoms with Gasteiger partial charge in [-0.1, -0.05) is 0 Å². The Kier molecular flexibility index (Phi) is 3.03. The van der Waals surface area contributed by atoms with Gasteiger partial charge in [-0.15, -0.1) is 0 Å². The van der Waals surface area contributed by atoms with E-state index in [0.29, 0.717) is 6.29 Å². The maximum absolute atomic E-state index is 11.8. The molecule has 1 aromatic heterocycles. The van der Waals surface area contributed by atoms with Gasteiger partial charge in [0.2, 0.25) is 0 Å². The van der Waals surface area contributed by atoms with Crippen molar-refractivity contribution in [3.05, 3.63) is 24.0 Å². The molecule has 0 radical (unpaired) electrons. The second-order valence-electron chi connectivity index (χ2n) is 2.46. The van der Waals surface area contributed by atoms with Gasteiger partial charge < -0.3 is 4.74 Å². The molecule has 0 atom stereocenters. The minimum atomic E-state index is -5.07. The number of aldehydes is 1. The van der Waals surface area contributed by atoms with Crippen LogP contribution in [0.25, 0.3) is 0 Å². The molecule has 0 aliphatic rings. The summed E-state index contributed by atoms with van der Waals surface area (Å²) in [6.45, 7) is 0. The third kappa shape index (κ3) is 3.04. The molecule has 0 unspecified atom stereocenters. The molecule has 0 saturated heterocycles. The van der Waals surface area contributed by atoms with Crippen molar-refractivity contribution in [3.8, 4) is 5.75 Å². The number of alkyl halides is 3. The maximum atomic E-state index is 11.8. The summed E-state index contributed by atoms with van der Waals surface area (Å²) in [5.74, 6) is -2.78. The molecule has 15 heavy (non-hydrogen) atoms. The smallest absolute Gasteiger partial charge is 0.418 e. The average molecular weight is 219 g/mol. The lowest BCUT2D eigenvalue weighted by atomic mass is 10.3. The molecule has 7 heteroatoms. The van der Waals surface area contributed by atoms with Gasteiger partial charge >= 0.3 is 12.1 Å². The number of esters is 1. The van der Waals surface area contributed by atoms with Crippen molar-refractivity contribution >= 4 is 12.3 Å². The Morgan fingerprint density at radius 3 is 2.60 bits per heavy atom. The lowest BCUT2D eigenvalue weighted by molar-refractivity contribution is -0.189. The number of pyridine rings is 1. The van der Waals surface area contributed by atoms with Crippen molar-refractivity contribution < 1.29 is 27.5 Å². The van der Waals surface area contributed by atoms with E-state index in [2.05, 4.69) is 9.72 Å². The van der Waals surface area contributed by atoms with E-state index < -0.39 is 17.9 Å². The molecule has 0 aromatic carbocycles. The minimum absolute atomic E-state index is 0.0162. The summed E-state index contributed by atoms with van der Waals surface area (Å²) in [4.78, 5) is 24.0. The molecule has 0 spiro atoms. The lowest BCUT2D eigenvalue weighted by Crippen LogP contribution is -2.28. The Labute approximate surface area is 81.7 Å². The molecule has 1 rings (SSSR count). The summed E-state index contributed by atoms with van der Waals surface area (Å²) in [6.07, 6.45) is -2.68. The fourth-order valence-corrected chi connectivity index (χ4v) is 0.721. The van der Waals surface area contributed by atoms with Crippen molar-refractivity contribution in [3.63, 3.8) is 0 Å². The summed E-state index contributed by atoms with van der Waals surface area (Å²) in [6, 6.07) is 0.976. The molecule has 0 amide bonds. The highest BCUT2D eigenvalue weighted by Gasteiger charge is 2.41. The van der Waals surface area contributed by atoms with Crippen LogP contribution in [-0.2, 0) is 4.79 Å². The van der Waals surface area contributed by atoms with E-state index in [1.807, 2.05) is 0 Å². The Morgan fingerprint density at radius 1 is 1.40 bits per heavy atom. The van der Waals surface area contributed by atoms with Gasteiger partial charge in [0.15, 0.2) is 6.29 Å². The maximum Gasteiger partial charge on any atom is 0.491 e. The lowest BCUT2D eigenvalue weighted by Gasteiger charge is -2.06. The van der Waals surface area contributed by atoms with E-state index >= 15 is 0 Å². The zero-order valence-corrected chi connectivity index (χ0v) is 7.12. The topological polar surface area (TPSA) is 56.3 Å². The molecular formula is C8H4F3NO3. The summed E-state index contributed by atoms with van der Waals surface area (Å²) in [5, 5.41) is 0. The first-order chi connectivity index (χ1) is 6.93. The van der Waals surface area contributed by atoms with Gasteiger partial charge in [0.25, 0.3) is 0 Å². The third-order valence-corrected chi connectivity index (χ3v) is 1.31. The van der Waals surface area contributed by atoms with Crippen molar-refractivity contribution in [1.82, 2.24) is 4.98 Å². The van der Waals surface area contributed by atoms with Crippen LogP contribution < -0.4 is 4.74 Å². The Morgan fingerprint density at radius 2 is 2.07 bits per heavy atom. The van der Waals surface area contributed by atoms with Crippen molar-refractivity contribution in [2.24, 2.45) is 0 Å². The highest BCUT2D eigenvalue weighted by Crippen LogP contribution is 2.19. The van der Waals surface area contributed by atoms with Crippen LogP contribution in [0.3, 0.4) is 0 Å². The van der Waals surface area contributed by atoms with Crippen molar-refractivity contribution in [1.29, 1.82) is 0 Å². The first-order valence-corrected chi connectivity index (χ1v) is 3.62. The van der Waals surface area contributed by atoms with E-state index in [1.165, 1.54) is 0 Å². The van der Waals surface area contributed by atoms with Crippen molar-refractivity contribution in [2.45, 2.75) is 6.18 Å². The molecule has 0 N–H and O–H groups in total. The summed E-state index contributed by atoms with van der Waals surface area (Å²) < 4.78 is 39.2. The van der Waals surface area contributed by atoms with Crippen LogP contribution in [0.15, 0.2) is 18.5 Å². The largest absolute Gasteiger partial charge is 0.491 e. The van der Waals surface area contributed by atoms with E-state index in [-0.39, 0.29) is 5.56 Å². The molecule has 80 valence electrons. The van der Waals surface area contributed by atoms with E-state index in [1.54, 1.807) is 0 Å². The first kappa shape index (κ1) is 11.2. The predicted molar refractivity (Wildman–Crippen MR) is 41.3 cm³/mol. The van der Waals surface area contributed by atoms with Gasteiger partial charge in [-0.05, 0) is 6.07 Å². The van der Waals surface area contributed by atoms with Crippen LogP contribution in [0.2, 0.25) is 0 Å². The van der Waals surface area contributed by atoms with E-state index in [9.17, 15) is 22.8 Å². The number of halogens is 3. The van der Waals surface area contributed by atoms with Crippen LogP contribution in [-0.4, -0.2) is 23.4 Å². The number of carbonyl (C=O) groups is 2. The molecule has 1 heterocycles. The second kappa shape index (κ2) is 4.07. The fourth-order valence-electron chi connectivity index (χ4n) is 0.721. The highest BCUT2D eigenvalue weighted by atomic mass is 19.4. The number of hydrogen-bond donors (Lipinski definition) is 0. The molecule has 0 fully saturated rings. The number of rotatable bonds is 2. The monoisotopic (exact) mass is 219 g/mol. The fraction of sp³-hybridized carbons (Fsp3) is 0.125. The number of aromatic nitrogens is 1. The minimum Gasteiger partial charge on any atom is -0.418 e. The second-order valence-corrected chi connectivity index (χ2v) is 2.46. The van der Waals surface area contributed by atoms with Gasteiger partial charge in [0.1, 0.15) is 5.75 Å². The number of carbonyl (C=O) groups excluding carboxylic acids is 2. The zero-order chi connectivity index (χ0) is 11.5. The number of hydrogen-bond acceptors (Lipinski definition) is 4. The average Bonchev–Trinajstić information content (AvgIpc) is 2.16. The normalized spacial score (nSPS) is 10.9. The molecule has 1 aromatic rings. The molecule has 4 nitrogen and oxygen atoms in total. The number of ether oxygens (including phenoxy) is 1. The molecular weight excluding hydrogens is 215 g/mol. The Balaban J connectivity index is 2.81. The predicted octanol–water partition coefficient (Wildman–Crippen LogP) is 1.36. The van der Waals surface area contributed by atoms with E-state index in [4.69, 9.17) is 0 Å². The quantitative estimate of drug-likeness (QED) is 0.556. The SMILES string of the molecule is O=Cc1cncc(OC(=O)C(F)(F)F)c1. The van der Waals surface area contributed by atoms with Crippen LogP contribution in [0.5, 0.6) is 5.75 Å². The highest BCUT2D eigenvalue weighted by molar-refractivity contribution is 5.79. The number of nitrogens with zero attached hydrogens (tertiary/aromatic N) is 1. The zero-order valence-electron chi connectivity index (χ0n) is 7.12. The summed E-state index contributed by atoms with van der Waals surface area (Å²) in [5.41, 5.74) is 0.0162. The molecule has 0 aliphatic carbocycles. The van der Waals surface area contributed by atoms with Crippen LogP contribution in [0.1, 0.15) is 10.4 Å². The van der Waals surface area contributed by atoms with Crippen LogP contribution in [0.4, 0.5) is 13.2 Å². The van der Waals surface area contributed by atoms with E-state index in [0.717, 1.165) is 18.5 Å². The third-order valence-electron chi connectivity index (χ3n) is 1.31. The Bertz CT molecular complexity index is 389. The van der Waals surface area contributed by atoms with Crippen LogP contribution in [0, 0.1) is 0 Å². The first-order valence-electron chi connectivity index (χ1n) is 3.62. The van der Waals surface area contributed by atoms with Crippen molar-refractivity contribution in [2.75, 3.05) is 0 Å². The molecule has 0 saturated carbocycles. The van der Waals surface area contributed by atoms with Gasteiger partial charge in [-0.25, -0.2) is 4.79 Å².